The molecule has 118 valence electrons. The zero-order chi connectivity index (χ0) is 16.0. The summed E-state index contributed by atoms with van der Waals surface area (Å²) < 4.78 is 5.36. The van der Waals surface area contributed by atoms with Crippen LogP contribution in [0.2, 0.25) is 10.0 Å². The Morgan fingerprint density at radius 2 is 2.09 bits per heavy atom. The maximum atomic E-state index is 12.2. The van der Waals surface area contributed by atoms with Crippen molar-refractivity contribution in [3.05, 3.63) is 27.7 Å². The number of nitrogens with zero attached hydrogens (tertiary/aromatic N) is 1. The monoisotopic (exact) mass is 343 g/mol. The van der Waals surface area contributed by atoms with Gasteiger partial charge in [-0.25, -0.2) is 0 Å². The predicted molar refractivity (Wildman–Crippen MR) is 81.6 cm³/mol. The molecule has 7 heteroatoms. The second-order valence-corrected chi connectivity index (χ2v) is 6.47. The average molecular weight is 344 g/mol. The van der Waals surface area contributed by atoms with E-state index in [0.717, 1.165) is 5.56 Å². The number of carbonyl (C=O) groups excluding carboxylic acids is 1. The zero-order valence-corrected chi connectivity index (χ0v) is 13.4. The molecule has 0 aromatic heterocycles. The molecule has 22 heavy (non-hydrogen) atoms. The Morgan fingerprint density at radius 3 is 2.68 bits per heavy atom. The fourth-order valence-corrected chi connectivity index (χ4v) is 3.98. The van der Waals surface area contributed by atoms with Crippen LogP contribution in [0.15, 0.2) is 12.1 Å². The van der Waals surface area contributed by atoms with Crippen molar-refractivity contribution in [2.24, 2.45) is 5.92 Å². The van der Waals surface area contributed by atoms with Crippen LogP contribution in [0.4, 0.5) is 0 Å². The molecule has 1 aromatic rings. The van der Waals surface area contributed by atoms with Crippen LogP contribution in [0.5, 0.6) is 5.75 Å². The Morgan fingerprint density at radius 1 is 1.36 bits per heavy atom. The first kappa shape index (κ1) is 15.4. The van der Waals surface area contributed by atoms with E-state index in [1.54, 1.807) is 24.1 Å². The maximum Gasteiger partial charge on any atom is 0.316 e. The number of carboxylic acids is 1. The number of methoxy groups -OCH3 is 1. The van der Waals surface area contributed by atoms with E-state index in [0.29, 0.717) is 35.2 Å². The Balaban J connectivity index is 1.88. The van der Waals surface area contributed by atoms with Gasteiger partial charge in [0.05, 0.1) is 17.2 Å². The van der Waals surface area contributed by atoms with Crippen molar-refractivity contribution >= 4 is 35.1 Å². The van der Waals surface area contributed by atoms with Gasteiger partial charge < -0.3 is 14.7 Å². The van der Waals surface area contributed by atoms with Gasteiger partial charge in [0, 0.05) is 24.1 Å². The third-order valence-corrected chi connectivity index (χ3v) is 5.34. The van der Waals surface area contributed by atoms with Gasteiger partial charge in [-0.05, 0) is 25.0 Å². The maximum absolute atomic E-state index is 12.2. The fourth-order valence-electron chi connectivity index (χ4n) is 3.51. The first-order valence-electron chi connectivity index (χ1n) is 6.99. The summed E-state index contributed by atoms with van der Waals surface area (Å²) in [6, 6.07) is 3.38. The van der Waals surface area contributed by atoms with E-state index in [-0.39, 0.29) is 17.9 Å². The number of fused-ring (bicyclic) bond motifs is 1. The molecule has 2 heterocycles. The summed E-state index contributed by atoms with van der Waals surface area (Å²) in [6.07, 6.45) is 1.02. The number of hydrogen-bond acceptors (Lipinski definition) is 3. The molecule has 0 saturated carbocycles. The molecule has 1 aromatic carbocycles. The largest absolute Gasteiger partial charge is 0.496 e. The van der Waals surface area contributed by atoms with Crippen molar-refractivity contribution < 1.29 is 19.4 Å². The van der Waals surface area contributed by atoms with Gasteiger partial charge in [0.25, 0.3) is 0 Å². The fraction of sp³-hybridized carbons (Fsp3) is 0.467. The Bertz CT molecular complexity index is 649. The standard InChI is InChI=1S/C15H15Cl2NO4/c1-22-11-3-2-10(16)13(17)12(11)7-4-8-5-9(15(20)21)14(19)18(8)6-7/h2-3,7-9H,4-6H2,1H3,(H,20,21)/t7-,8-,9?/m0/s1. The average Bonchev–Trinajstić information content (AvgIpc) is 3.01. The molecule has 2 aliphatic heterocycles. The number of aliphatic carboxylic acids is 1. The van der Waals surface area contributed by atoms with E-state index < -0.39 is 11.9 Å². The minimum Gasteiger partial charge on any atom is -0.496 e. The van der Waals surface area contributed by atoms with Gasteiger partial charge in [-0.1, -0.05) is 23.2 Å². The number of benzene rings is 1. The van der Waals surface area contributed by atoms with Crippen molar-refractivity contribution in [1.82, 2.24) is 4.90 Å². The highest BCUT2D eigenvalue weighted by molar-refractivity contribution is 6.42. The summed E-state index contributed by atoms with van der Waals surface area (Å²) in [5.74, 6) is -1.62. The minimum absolute atomic E-state index is 0.00449. The van der Waals surface area contributed by atoms with Crippen molar-refractivity contribution in [1.29, 1.82) is 0 Å². The molecule has 1 N–H and O–H groups in total. The summed E-state index contributed by atoms with van der Waals surface area (Å²) in [7, 11) is 1.56. The van der Waals surface area contributed by atoms with E-state index in [9.17, 15) is 9.59 Å². The third-order valence-electron chi connectivity index (χ3n) is 4.52. The number of carboxylic acid groups (broad SMARTS) is 1. The second kappa shape index (κ2) is 5.63. The van der Waals surface area contributed by atoms with Crippen molar-refractivity contribution in [3.8, 4) is 5.75 Å². The van der Waals surface area contributed by atoms with Crippen LogP contribution in [0, 0.1) is 5.92 Å². The number of rotatable bonds is 3. The molecule has 3 atom stereocenters. The van der Waals surface area contributed by atoms with E-state index in [1.165, 1.54) is 0 Å². The number of carbonyl (C=O) groups is 2. The Kier molecular flexibility index (Phi) is 3.95. The SMILES string of the molecule is COc1ccc(Cl)c(Cl)c1[C@H]1C[C@H]2CC(C(=O)O)C(=O)N2C1. The molecule has 2 fully saturated rings. The van der Waals surface area contributed by atoms with Crippen LogP contribution in [0.3, 0.4) is 0 Å². The molecular formula is C15H15Cl2NO4. The summed E-state index contributed by atoms with van der Waals surface area (Å²) in [6.45, 7) is 0.448. The smallest absolute Gasteiger partial charge is 0.316 e. The predicted octanol–water partition coefficient (Wildman–Crippen LogP) is 2.79. The first-order valence-corrected chi connectivity index (χ1v) is 7.74. The van der Waals surface area contributed by atoms with Gasteiger partial charge in [0.15, 0.2) is 0 Å². The van der Waals surface area contributed by atoms with Crippen LogP contribution in [-0.4, -0.2) is 41.6 Å². The summed E-state index contributed by atoms with van der Waals surface area (Å²) in [5.41, 5.74) is 0.797. The highest BCUT2D eigenvalue weighted by Gasteiger charge is 2.49. The molecule has 5 nitrogen and oxygen atoms in total. The van der Waals surface area contributed by atoms with Gasteiger partial charge >= 0.3 is 5.97 Å². The van der Waals surface area contributed by atoms with Gasteiger partial charge in [0.1, 0.15) is 11.7 Å². The summed E-state index contributed by atoms with van der Waals surface area (Å²) >= 11 is 12.4. The van der Waals surface area contributed by atoms with Crippen LogP contribution in [0.1, 0.15) is 24.3 Å². The van der Waals surface area contributed by atoms with E-state index in [4.69, 9.17) is 33.0 Å². The Labute approximate surface area is 137 Å². The molecule has 0 spiro atoms. The molecule has 1 unspecified atom stereocenters. The lowest BCUT2D eigenvalue weighted by atomic mass is 9.92. The van der Waals surface area contributed by atoms with Crippen LogP contribution < -0.4 is 4.74 Å². The zero-order valence-electron chi connectivity index (χ0n) is 11.9. The van der Waals surface area contributed by atoms with Crippen molar-refractivity contribution in [3.63, 3.8) is 0 Å². The molecule has 1 amide bonds. The molecule has 2 saturated heterocycles. The molecule has 3 rings (SSSR count). The van der Waals surface area contributed by atoms with Crippen molar-refractivity contribution in [2.45, 2.75) is 24.8 Å². The molecule has 2 aliphatic rings. The van der Waals surface area contributed by atoms with Crippen LogP contribution in [-0.2, 0) is 9.59 Å². The second-order valence-electron chi connectivity index (χ2n) is 5.68. The highest BCUT2D eigenvalue weighted by Crippen LogP contribution is 2.46. The third kappa shape index (κ3) is 2.32. The molecule has 0 aliphatic carbocycles. The van der Waals surface area contributed by atoms with Crippen molar-refractivity contribution in [2.75, 3.05) is 13.7 Å². The lowest BCUT2D eigenvalue weighted by Crippen LogP contribution is -2.31. The summed E-state index contributed by atoms with van der Waals surface area (Å²) in [5, 5.41) is 9.96. The quantitative estimate of drug-likeness (QED) is 0.857. The first-order chi connectivity index (χ1) is 10.4. The van der Waals surface area contributed by atoms with Crippen LogP contribution >= 0.6 is 23.2 Å². The number of amides is 1. The van der Waals surface area contributed by atoms with Gasteiger partial charge in [0.2, 0.25) is 5.91 Å². The highest BCUT2D eigenvalue weighted by atomic mass is 35.5. The van der Waals surface area contributed by atoms with Gasteiger partial charge in [-0.3, -0.25) is 9.59 Å². The van der Waals surface area contributed by atoms with Gasteiger partial charge in [-0.15, -0.1) is 0 Å². The number of hydrogen-bond donors (Lipinski definition) is 1. The normalized spacial score (nSPS) is 27.1. The number of halogens is 2. The molecule has 0 bridgehead atoms. The van der Waals surface area contributed by atoms with E-state index in [1.807, 2.05) is 0 Å². The molecular weight excluding hydrogens is 329 g/mol. The van der Waals surface area contributed by atoms with Gasteiger partial charge in [-0.2, -0.15) is 0 Å². The van der Waals surface area contributed by atoms with E-state index >= 15 is 0 Å². The minimum atomic E-state index is -1.05. The van der Waals surface area contributed by atoms with E-state index in [2.05, 4.69) is 0 Å². The topological polar surface area (TPSA) is 66.8 Å². The van der Waals surface area contributed by atoms with Crippen LogP contribution in [0.25, 0.3) is 0 Å². The lowest BCUT2D eigenvalue weighted by Gasteiger charge is -2.19. The summed E-state index contributed by atoms with van der Waals surface area (Å²) in [4.78, 5) is 24.9. The lowest BCUT2D eigenvalue weighted by molar-refractivity contribution is -0.147. The number of ether oxygens (including phenoxy) is 1. The molecule has 0 radical (unpaired) electrons. The Hall–Kier alpha value is -1.46.